The third-order valence-corrected chi connectivity index (χ3v) is 7.16. The van der Waals surface area contributed by atoms with Crippen LogP contribution in [-0.2, 0) is 0 Å². The van der Waals surface area contributed by atoms with Crippen LogP contribution in [-0.4, -0.2) is 66.3 Å². The van der Waals surface area contributed by atoms with E-state index in [1.54, 1.807) is 40.4 Å². The molecule has 36 heavy (non-hydrogen) atoms. The zero-order chi connectivity index (χ0) is 25.1. The Morgan fingerprint density at radius 1 is 1.11 bits per heavy atom. The topological polar surface area (TPSA) is 104 Å². The number of hydrogen-bond donors (Lipinski definition) is 2. The van der Waals surface area contributed by atoms with E-state index in [1.165, 1.54) is 0 Å². The zero-order valence-corrected chi connectivity index (χ0v) is 21.3. The Morgan fingerprint density at radius 2 is 1.94 bits per heavy atom. The second kappa shape index (κ2) is 10.4. The van der Waals surface area contributed by atoms with Crippen LogP contribution in [0.5, 0.6) is 0 Å². The van der Waals surface area contributed by atoms with Crippen LogP contribution < -0.4 is 5.32 Å². The van der Waals surface area contributed by atoms with E-state index in [9.17, 15) is 4.79 Å². The van der Waals surface area contributed by atoms with Gasteiger partial charge in [-0.15, -0.1) is 11.3 Å². The van der Waals surface area contributed by atoms with Gasteiger partial charge in [0.25, 0.3) is 5.91 Å². The minimum absolute atomic E-state index is 0.154. The summed E-state index contributed by atoms with van der Waals surface area (Å²) < 4.78 is 1.72. The molecule has 0 aliphatic heterocycles. The average Bonchev–Trinajstić information content (AvgIpc) is 3.69. The largest absolute Gasteiger partial charge is 0.350 e. The number of likely N-dealkylation sites (N-methyl/N-ethyl adjacent to an activating group) is 1. The molecule has 1 atom stereocenters. The Kier molecular flexibility index (Phi) is 6.88. The van der Waals surface area contributed by atoms with E-state index in [0.717, 1.165) is 29.2 Å². The fraction of sp³-hybridized carbons (Fsp3) is 0.269. The molecule has 0 fully saturated rings. The normalized spacial score (nSPS) is 12.3. The lowest BCUT2D eigenvalue weighted by Crippen LogP contribution is -2.42. The summed E-state index contributed by atoms with van der Waals surface area (Å²) in [4.78, 5) is 26.3. The molecule has 5 aromatic heterocycles. The number of nitrogens with zero attached hydrogens (tertiary/aromatic N) is 6. The summed E-state index contributed by atoms with van der Waals surface area (Å²) in [5.74, 6) is -0.154. The minimum Gasteiger partial charge on any atom is -0.350 e. The number of carbonyl (C=O) groups excluding carboxylic acids is 1. The standard InChI is InChI=1S/C26H28N8OS/c1-4-33(5-2)17(3)15-27-26(35)18-13-22(30-23(14-18)20-8-10-28-32-20)19-16-29-34-11-9-21(31-25(19)34)24-7-6-12-36-24/h6-14,16-17H,4-5,15H2,1-3H3,(H,27,35)(H,28,32). The molecule has 0 bridgehead atoms. The van der Waals surface area contributed by atoms with Gasteiger partial charge in [-0.2, -0.15) is 10.2 Å². The maximum absolute atomic E-state index is 13.2. The molecule has 0 spiro atoms. The number of fused-ring (bicyclic) bond motifs is 1. The minimum atomic E-state index is -0.154. The van der Waals surface area contributed by atoms with Crippen molar-refractivity contribution in [2.24, 2.45) is 0 Å². The first kappa shape index (κ1) is 23.8. The molecule has 0 saturated carbocycles. The molecule has 184 valence electrons. The Balaban J connectivity index is 1.53. The van der Waals surface area contributed by atoms with Crippen LogP contribution in [0.4, 0.5) is 0 Å². The summed E-state index contributed by atoms with van der Waals surface area (Å²) in [6.07, 6.45) is 5.36. The molecule has 5 heterocycles. The maximum atomic E-state index is 13.2. The van der Waals surface area contributed by atoms with Crippen molar-refractivity contribution >= 4 is 22.9 Å². The highest BCUT2D eigenvalue weighted by atomic mass is 32.1. The third-order valence-electron chi connectivity index (χ3n) is 6.26. The Morgan fingerprint density at radius 3 is 2.67 bits per heavy atom. The van der Waals surface area contributed by atoms with E-state index in [0.29, 0.717) is 34.8 Å². The molecule has 0 radical (unpaired) electrons. The zero-order valence-electron chi connectivity index (χ0n) is 20.5. The highest BCUT2D eigenvalue weighted by Crippen LogP contribution is 2.29. The monoisotopic (exact) mass is 500 g/mol. The van der Waals surface area contributed by atoms with Gasteiger partial charge in [-0.05, 0) is 55.7 Å². The van der Waals surface area contributed by atoms with Crippen molar-refractivity contribution in [2.75, 3.05) is 19.6 Å². The number of amides is 1. The first-order valence-electron chi connectivity index (χ1n) is 12.0. The summed E-state index contributed by atoms with van der Waals surface area (Å²) in [5.41, 5.74) is 4.67. The van der Waals surface area contributed by atoms with Crippen molar-refractivity contribution in [1.29, 1.82) is 0 Å². The predicted molar refractivity (Wildman–Crippen MR) is 142 cm³/mol. The van der Waals surface area contributed by atoms with Gasteiger partial charge in [0.2, 0.25) is 0 Å². The number of nitrogens with one attached hydrogen (secondary N) is 2. The van der Waals surface area contributed by atoms with Crippen molar-refractivity contribution in [3.8, 4) is 33.2 Å². The van der Waals surface area contributed by atoms with E-state index in [-0.39, 0.29) is 11.9 Å². The lowest BCUT2D eigenvalue weighted by Gasteiger charge is -2.26. The smallest absolute Gasteiger partial charge is 0.251 e. The van der Waals surface area contributed by atoms with E-state index in [4.69, 9.17) is 9.97 Å². The van der Waals surface area contributed by atoms with E-state index in [1.807, 2.05) is 35.8 Å². The predicted octanol–water partition coefficient (Wildman–Crippen LogP) is 4.37. The summed E-state index contributed by atoms with van der Waals surface area (Å²) in [5, 5.41) is 16.7. The number of hydrogen-bond acceptors (Lipinski definition) is 7. The van der Waals surface area contributed by atoms with Crippen LogP contribution >= 0.6 is 11.3 Å². The lowest BCUT2D eigenvalue weighted by molar-refractivity contribution is 0.0938. The van der Waals surface area contributed by atoms with Gasteiger partial charge in [-0.3, -0.25) is 14.8 Å². The molecule has 5 aromatic rings. The molecule has 0 saturated heterocycles. The molecule has 0 aliphatic rings. The van der Waals surface area contributed by atoms with Gasteiger partial charge >= 0.3 is 0 Å². The van der Waals surface area contributed by atoms with Crippen LogP contribution in [0.15, 0.2) is 60.4 Å². The van der Waals surface area contributed by atoms with Crippen LogP contribution in [0.25, 0.3) is 38.9 Å². The van der Waals surface area contributed by atoms with Crippen LogP contribution in [0.2, 0.25) is 0 Å². The molecule has 9 nitrogen and oxygen atoms in total. The molecule has 5 rings (SSSR count). The molecular formula is C26H28N8OS. The number of H-pyrrole nitrogens is 1. The van der Waals surface area contributed by atoms with E-state index >= 15 is 0 Å². The summed E-state index contributed by atoms with van der Waals surface area (Å²) in [7, 11) is 0. The van der Waals surface area contributed by atoms with Crippen molar-refractivity contribution in [2.45, 2.75) is 26.8 Å². The molecule has 2 N–H and O–H groups in total. The molecular weight excluding hydrogens is 472 g/mol. The number of rotatable bonds is 9. The lowest BCUT2D eigenvalue weighted by atomic mass is 10.1. The highest BCUT2D eigenvalue weighted by molar-refractivity contribution is 7.13. The average molecular weight is 501 g/mol. The fourth-order valence-electron chi connectivity index (χ4n) is 4.26. The summed E-state index contributed by atoms with van der Waals surface area (Å²) >= 11 is 1.63. The SMILES string of the molecule is CCN(CC)C(C)CNC(=O)c1cc(-c2cc[nH]n2)nc(-c2cnn3ccc(-c4cccs4)nc23)c1. The van der Waals surface area contributed by atoms with Crippen LogP contribution in [0.3, 0.4) is 0 Å². The third kappa shape index (κ3) is 4.77. The first-order valence-corrected chi connectivity index (χ1v) is 12.9. The number of thiophene rings is 1. The summed E-state index contributed by atoms with van der Waals surface area (Å²) in [6.45, 7) is 8.80. The van der Waals surface area contributed by atoms with E-state index in [2.05, 4.69) is 46.3 Å². The van der Waals surface area contributed by atoms with Crippen molar-refractivity contribution < 1.29 is 4.79 Å². The Bertz CT molecular complexity index is 1450. The molecule has 0 aliphatic carbocycles. The number of carbonyl (C=O) groups is 1. The number of aromatic nitrogens is 6. The van der Waals surface area contributed by atoms with Gasteiger partial charge < -0.3 is 5.32 Å². The molecule has 0 aromatic carbocycles. The maximum Gasteiger partial charge on any atom is 0.251 e. The number of aromatic amines is 1. The van der Waals surface area contributed by atoms with Gasteiger partial charge in [0.1, 0.15) is 5.69 Å². The van der Waals surface area contributed by atoms with Gasteiger partial charge in [0, 0.05) is 30.5 Å². The van der Waals surface area contributed by atoms with Gasteiger partial charge in [0.15, 0.2) is 5.65 Å². The van der Waals surface area contributed by atoms with Crippen LogP contribution in [0, 0.1) is 0 Å². The van der Waals surface area contributed by atoms with Crippen LogP contribution in [0.1, 0.15) is 31.1 Å². The molecule has 1 unspecified atom stereocenters. The van der Waals surface area contributed by atoms with Crippen molar-refractivity contribution in [3.63, 3.8) is 0 Å². The Labute approximate surface area is 213 Å². The Hall–Kier alpha value is -3.89. The van der Waals surface area contributed by atoms with Gasteiger partial charge in [0.05, 0.1) is 33.7 Å². The highest BCUT2D eigenvalue weighted by Gasteiger charge is 2.18. The number of pyridine rings is 1. The quantitative estimate of drug-likeness (QED) is 0.311. The van der Waals surface area contributed by atoms with Crippen molar-refractivity contribution in [1.82, 2.24) is 40.0 Å². The second-order valence-electron chi connectivity index (χ2n) is 8.48. The molecule has 10 heteroatoms. The van der Waals surface area contributed by atoms with Gasteiger partial charge in [-0.25, -0.2) is 14.5 Å². The summed E-state index contributed by atoms with van der Waals surface area (Å²) in [6, 6.07) is 11.6. The fourth-order valence-corrected chi connectivity index (χ4v) is 4.96. The van der Waals surface area contributed by atoms with E-state index < -0.39 is 0 Å². The van der Waals surface area contributed by atoms with Crippen molar-refractivity contribution in [3.05, 3.63) is 65.9 Å². The van der Waals surface area contributed by atoms with Gasteiger partial charge in [-0.1, -0.05) is 19.9 Å². The first-order chi connectivity index (χ1) is 17.6. The second-order valence-corrected chi connectivity index (χ2v) is 9.43. The molecule has 1 amide bonds.